The van der Waals surface area contributed by atoms with Gasteiger partial charge >= 0.3 is 0 Å². The van der Waals surface area contributed by atoms with E-state index in [-0.39, 0.29) is 0 Å². The van der Waals surface area contributed by atoms with Crippen LogP contribution in [-0.2, 0) is 4.74 Å². The van der Waals surface area contributed by atoms with Crippen molar-refractivity contribution in [2.24, 2.45) is 4.99 Å². The van der Waals surface area contributed by atoms with E-state index in [1.165, 1.54) is 33.5 Å². The third kappa shape index (κ3) is 3.87. The largest absolute Gasteiger partial charge is 0.378 e. The van der Waals surface area contributed by atoms with Crippen LogP contribution < -0.4 is 4.90 Å². The summed E-state index contributed by atoms with van der Waals surface area (Å²) in [7, 11) is 0. The van der Waals surface area contributed by atoms with Gasteiger partial charge in [-0.25, -0.2) is 0 Å². The molecule has 1 aliphatic heterocycles. The van der Waals surface area contributed by atoms with E-state index in [0.717, 1.165) is 37.6 Å². The Morgan fingerprint density at radius 3 is 2.42 bits per heavy atom. The molecule has 0 N–H and O–H groups in total. The first-order valence-electron chi connectivity index (χ1n) is 10.8. The molecule has 0 aliphatic carbocycles. The minimum Gasteiger partial charge on any atom is -0.378 e. The van der Waals surface area contributed by atoms with E-state index in [1.54, 1.807) is 0 Å². The van der Waals surface area contributed by atoms with E-state index in [2.05, 4.69) is 96.1 Å². The van der Waals surface area contributed by atoms with Crippen molar-refractivity contribution in [3.8, 4) is 5.69 Å². The molecular formula is C27H27N3O. The molecule has 1 fully saturated rings. The van der Waals surface area contributed by atoms with Gasteiger partial charge < -0.3 is 14.2 Å². The van der Waals surface area contributed by atoms with Crippen LogP contribution in [0.5, 0.6) is 0 Å². The topological polar surface area (TPSA) is 29.8 Å². The van der Waals surface area contributed by atoms with Gasteiger partial charge in [-0.15, -0.1) is 0 Å². The smallest absolute Gasteiger partial charge is 0.0642 e. The van der Waals surface area contributed by atoms with Crippen molar-refractivity contribution in [1.29, 1.82) is 0 Å². The first-order valence-corrected chi connectivity index (χ1v) is 10.8. The Morgan fingerprint density at radius 1 is 0.871 bits per heavy atom. The maximum absolute atomic E-state index is 5.44. The summed E-state index contributed by atoms with van der Waals surface area (Å²) in [6.45, 7) is 7.81. The molecule has 0 spiro atoms. The highest BCUT2D eigenvalue weighted by molar-refractivity contribution is 5.91. The number of ether oxygens (including phenoxy) is 1. The summed E-state index contributed by atoms with van der Waals surface area (Å²) < 4.78 is 7.77. The molecule has 5 rings (SSSR count). The van der Waals surface area contributed by atoms with E-state index in [0.29, 0.717) is 0 Å². The third-order valence-corrected chi connectivity index (χ3v) is 6.06. The van der Waals surface area contributed by atoms with Crippen LogP contribution in [0.3, 0.4) is 0 Å². The molecule has 156 valence electrons. The Labute approximate surface area is 183 Å². The van der Waals surface area contributed by atoms with Gasteiger partial charge in [-0.3, -0.25) is 4.99 Å². The molecule has 0 amide bonds. The Balaban J connectivity index is 1.42. The van der Waals surface area contributed by atoms with Crippen molar-refractivity contribution < 1.29 is 4.74 Å². The number of hydrogen-bond donors (Lipinski definition) is 0. The van der Waals surface area contributed by atoms with E-state index in [4.69, 9.17) is 9.73 Å². The zero-order valence-electron chi connectivity index (χ0n) is 18.1. The summed E-state index contributed by atoms with van der Waals surface area (Å²) in [5.74, 6) is 0. The second-order valence-electron chi connectivity index (χ2n) is 8.03. The lowest BCUT2D eigenvalue weighted by Gasteiger charge is -2.28. The van der Waals surface area contributed by atoms with Gasteiger partial charge in [0, 0.05) is 47.3 Å². The van der Waals surface area contributed by atoms with Gasteiger partial charge in [0.2, 0.25) is 0 Å². The Bertz CT molecular complexity index is 1230. The zero-order chi connectivity index (χ0) is 21.2. The number of aryl methyl sites for hydroxylation is 1. The van der Waals surface area contributed by atoms with Gasteiger partial charge in [0.1, 0.15) is 0 Å². The molecule has 4 nitrogen and oxygen atoms in total. The van der Waals surface area contributed by atoms with Crippen molar-refractivity contribution >= 4 is 28.4 Å². The third-order valence-electron chi connectivity index (χ3n) is 6.06. The van der Waals surface area contributed by atoms with Gasteiger partial charge in [-0.2, -0.15) is 0 Å². The number of anilines is 1. The molecule has 1 aliphatic rings. The molecule has 4 aromatic rings. The average molecular weight is 410 g/mol. The molecule has 0 unspecified atom stereocenters. The van der Waals surface area contributed by atoms with Gasteiger partial charge in [0.05, 0.1) is 24.6 Å². The monoisotopic (exact) mass is 409 g/mol. The predicted molar refractivity (Wildman–Crippen MR) is 129 cm³/mol. The highest BCUT2D eigenvalue weighted by atomic mass is 16.5. The van der Waals surface area contributed by atoms with Crippen LogP contribution in [0.15, 0.2) is 77.8 Å². The number of nitrogens with zero attached hydrogens (tertiary/aromatic N) is 3. The second-order valence-corrected chi connectivity index (χ2v) is 8.03. The SMILES string of the molecule is Cc1cc(C=Nc2ccc(N3CCOCC3)cc2)c(C)n1-c1cccc2ccccc12. The summed E-state index contributed by atoms with van der Waals surface area (Å²) in [5.41, 5.74) is 6.95. The van der Waals surface area contributed by atoms with Crippen molar-refractivity contribution in [1.82, 2.24) is 4.57 Å². The molecule has 31 heavy (non-hydrogen) atoms. The molecule has 2 heterocycles. The van der Waals surface area contributed by atoms with E-state index in [9.17, 15) is 0 Å². The number of rotatable bonds is 4. The molecule has 4 heteroatoms. The lowest BCUT2D eigenvalue weighted by atomic mass is 10.1. The fourth-order valence-electron chi connectivity index (χ4n) is 4.41. The molecule has 0 saturated carbocycles. The molecule has 0 bridgehead atoms. The standard InChI is InChI=1S/C27H27N3O/c1-20-18-23(19-28-24-10-12-25(13-11-24)29-14-16-31-17-15-29)21(2)30(20)27-9-5-7-22-6-3-4-8-26(22)27/h3-13,18-19H,14-17H2,1-2H3. The van der Waals surface area contributed by atoms with Gasteiger partial charge in [-0.05, 0) is 55.6 Å². The highest BCUT2D eigenvalue weighted by Gasteiger charge is 2.12. The summed E-state index contributed by atoms with van der Waals surface area (Å²) in [6.07, 6.45) is 1.98. The van der Waals surface area contributed by atoms with Crippen LogP contribution in [0.1, 0.15) is 17.0 Å². The Kier molecular flexibility index (Phi) is 5.31. The second kappa shape index (κ2) is 8.40. The van der Waals surface area contributed by atoms with Gasteiger partial charge in [-0.1, -0.05) is 36.4 Å². The van der Waals surface area contributed by atoms with Gasteiger partial charge in [0.15, 0.2) is 0 Å². The van der Waals surface area contributed by atoms with Crippen LogP contribution in [-0.4, -0.2) is 37.1 Å². The fourth-order valence-corrected chi connectivity index (χ4v) is 4.41. The van der Waals surface area contributed by atoms with Crippen molar-refractivity contribution in [3.63, 3.8) is 0 Å². The van der Waals surface area contributed by atoms with Crippen LogP contribution in [0, 0.1) is 13.8 Å². The molecule has 1 saturated heterocycles. The van der Waals surface area contributed by atoms with E-state index < -0.39 is 0 Å². The minimum atomic E-state index is 0.798. The maximum Gasteiger partial charge on any atom is 0.0642 e. The molecule has 0 radical (unpaired) electrons. The fraction of sp³-hybridized carbons (Fsp3) is 0.222. The van der Waals surface area contributed by atoms with Crippen LogP contribution >= 0.6 is 0 Å². The highest BCUT2D eigenvalue weighted by Crippen LogP contribution is 2.27. The van der Waals surface area contributed by atoms with Crippen LogP contribution in [0.25, 0.3) is 16.5 Å². The van der Waals surface area contributed by atoms with Crippen molar-refractivity contribution in [3.05, 3.63) is 89.7 Å². The van der Waals surface area contributed by atoms with Crippen LogP contribution in [0.4, 0.5) is 11.4 Å². The van der Waals surface area contributed by atoms with Crippen molar-refractivity contribution in [2.75, 3.05) is 31.2 Å². The summed E-state index contributed by atoms with van der Waals surface area (Å²) in [5, 5.41) is 2.51. The average Bonchev–Trinajstić information content (AvgIpc) is 3.11. The quantitative estimate of drug-likeness (QED) is 0.397. The van der Waals surface area contributed by atoms with Crippen molar-refractivity contribution in [2.45, 2.75) is 13.8 Å². The summed E-state index contributed by atoms with van der Waals surface area (Å²) in [4.78, 5) is 7.11. The summed E-state index contributed by atoms with van der Waals surface area (Å²) in [6, 6.07) is 25.7. The molecule has 1 aromatic heterocycles. The number of hydrogen-bond acceptors (Lipinski definition) is 3. The number of aromatic nitrogens is 1. The predicted octanol–water partition coefficient (Wildman–Crippen LogP) is 5.83. The minimum absolute atomic E-state index is 0.798. The molecule has 0 atom stereocenters. The molecular weight excluding hydrogens is 382 g/mol. The summed E-state index contributed by atoms with van der Waals surface area (Å²) >= 11 is 0. The number of fused-ring (bicyclic) bond motifs is 1. The maximum atomic E-state index is 5.44. The van der Waals surface area contributed by atoms with E-state index in [1.807, 2.05) is 6.21 Å². The van der Waals surface area contributed by atoms with E-state index >= 15 is 0 Å². The molecule has 3 aromatic carbocycles. The number of morpholine rings is 1. The Morgan fingerprint density at radius 2 is 1.61 bits per heavy atom. The van der Waals surface area contributed by atoms with Crippen LogP contribution in [0.2, 0.25) is 0 Å². The lowest BCUT2D eigenvalue weighted by Crippen LogP contribution is -2.36. The zero-order valence-corrected chi connectivity index (χ0v) is 18.1. The normalized spacial score (nSPS) is 14.6. The first-order chi connectivity index (χ1) is 15.2. The number of aliphatic imine (C=N–C) groups is 1. The Hall–Kier alpha value is -3.37. The lowest BCUT2D eigenvalue weighted by molar-refractivity contribution is 0.122. The first kappa shape index (κ1) is 19.6. The van der Waals surface area contributed by atoms with Gasteiger partial charge in [0.25, 0.3) is 0 Å². The number of benzene rings is 3.